The first kappa shape index (κ1) is 10.7. The smallest absolute Gasteiger partial charge is 0.320 e. The Morgan fingerprint density at radius 1 is 1.33 bits per heavy atom. The molecule has 1 atom stereocenters. The summed E-state index contributed by atoms with van der Waals surface area (Å²) in [7, 11) is 0. The molecule has 0 radical (unpaired) electrons. The van der Waals surface area contributed by atoms with Crippen molar-refractivity contribution in [3.05, 3.63) is 0 Å². The Hall–Kier alpha value is -0.810. The number of rotatable bonds is 1. The van der Waals surface area contributed by atoms with Crippen LogP contribution in [-0.2, 0) is 4.74 Å². The number of amides is 2. The molecule has 0 aromatic heterocycles. The van der Waals surface area contributed by atoms with E-state index in [1.807, 2.05) is 4.90 Å². The van der Waals surface area contributed by atoms with E-state index in [0.29, 0.717) is 26.3 Å². The van der Waals surface area contributed by atoms with Crippen LogP contribution in [0, 0.1) is 0 Å². The summed E-state index contributed by atoms with van der Waals surface area (Å²) in [6.07, 6.45) is 1.92. The van der Waals surface area contributed by atoms with Crippen molar-refractivity contribution < 1.29 is 14.6 Å². The Bertz CT molecular complexity index is 229. The van der Waals surface area contributed by atoms with Gasteiger partial charge in [0, 0.05) is 19.6 Å². The summed E-state index contributed by atoms with van der Waals surface area (Å²) in [6, 6.07) is 0.0928. The van der Waals surface area contributed by atoms with Crippen LogP contribution in [0.1, 0.15) is 12.8 Å². The lowest BCUT2D eigenvalue weighted by Gasteiger charge is -2.33. The van der Waals surface area contributed by atoms with Gasteiger partial charge in [-0.05, 0) is 12.8 Å². The third-order valence-electron chi connectivity index (χ3n) is 3.12. The van der Waals surface area contributed by atoms with Gasteiger partial charge in [-0.25, -0.2) is 4.79 Å². The fourth-order valence-electron chi connectivity index (χ4n) is 2.21. The van der Waals surface area contributed by atoms with Crippen LogP contribution in [0.25, 0.3) is 0 Å². The molecule has 2 saturated heterocycles. The molecule has 1 N–H and O–H groups in total. The predicted octanol–water partition coefficient (Wildman–Crippen LogP) is -0.105. The van der Waals surface area contributed by atoms with Crippen LogP contribution in [0.15, 0.2) is 0 Å². The van der Waals surface area contributed by atoms with E-state index in [-0.39, 0.29) is 18.7 Å². The molecule has 0 aliphatic carbocycles. The zero-order chi connectivity index (χ0) is 10.7. The van der Waals surface area contributed by atoms with Gasteiger partial charge in [0.2, 0.25) is 0 Å². The average Bonchev–Trinajstić information content (AvgIpc) is 2.77. The molecule has 0 aromatic carbocycles. The molecule has 0 bridgehead atoms. The van der Waals surface area contributed by atoms with Crippen LogP contribution in [0.2, 0.25) is 0 Å². The standard InChI is InChI=1S/C10H18N2O3/c13-8-9-2-1-3-12(9)10(14)11-4-6-15-7-5-11/h9,13H,1-8H2. The molecule has 86 valence electrons. The Labute approximate surface area is 89.6 Å². The number of aliphatic hydroxyl groups excluding tert-OH is 1. The van der Waals surface area contributed by atoms with Crippen LogP contribution in [0.3, 0.4) is 0 Å². The highest BCUT2D eigenvalue weighted by Crippen LogP contribution is 2.18. The van der Waals surface area contributed by atoms with Gasteiger partial charge in [0.1, 0.15) is 0 Å². The molecular formula is C10H18N2O3. The van der Waals surface area contributed by atoms with Crippen molar-refractivity contribution in [2.24, 2.45) is 0 Å². The molecule has 0 spiro atoms. The maximum atomic E-state index is 12.1. The van der Waals surface area contributed by atoms with Crippen molar-refractivity contribution in [3.8, 4) is 0 Å². The van der Waals surface area contributed by atoms with Crippen LogP contribution in [0.5, 0.6) is 0 Å². The summed E-state index contributed by atoms with van der Waals surface area (Å²) < 4.78 is 5.20. The molecule has 0 aromatic rings. The third-order valence-corrected chi connectivity index (χ3v) is 3.12. The molecule has 2 heterocycles. The largest absolute Gasteiger partial charge is 0.394 e. The molecule has 5 heteroatoms. The second-order valence-corrected chi connectivity index (χ2v) is 4.05. The lowest BCUT2D eigenvalue weighted by Crippen LogP contribution is -2.50. The molecule has 2 fully saturated rings. The van der Waals surface area contributed by atoms with Gasteiger partial charge >= 0.3 is 6.03 Å². The van der Waals surface area contributed by atoms with Gasteiger partial charge < -0.3 is 19.6 Å². The fourth-order valence-corrected chi connectivity index (χ4v) is 2.21. The first-order valence-electron chi connectivity index (χ1n) is 5.57. The lowest BCUT2D eigenvalue weighted by atomic mass is 10.2. The molecule has 0 saturated carbocycles. The highest BCUT2D eigenvalue weighted by molar-refractivity contribution is 5.75. The summed E-state index contributed by atoms with van der Waals surface area (Å²) in [4.78, 5) is 15.7. The first-order valence-corrected chi connectivity index (χ1v) is 5.57. The van der Waals surface area contributed by atoms with E-state index in [0.717, 1.165) is 19.4 Å². The molecule has 1 unspecified atom stereocenters. The van der Waals surface area contributed by atoms with Crippen molar-refractivity contribution in [1.29, 1.82) is 0 Å². The van der Waals surface area contributed by atoms with Gasteiger partial charge in [0.05, 0.1) is 25.9 Å². The minimum atomic E-state index is 0.0281. The maximum Gasteiger partial charge on any atom is 0.320 e. The lowest BCUT2D eigenvalue weighted by molar-refractivity contribution is 0.0396. The number of carbonyl (C=O) groups is 1. The second kappa shape index (κ2) is 4.81. The summed E-state index contributed by atoms with van der Waals surface area (Å²) in [6.45, 7) is 3.46. The molecule has 15 heavy (non-hydrogen) atoms. The van der Waals surface area contributed by atoms with Gasteiger partial charge in [-0.15, -0.1) is 0 Å². The topological polar surface area (TPSA) is 53.0 Å². The SMILES string of the molecule is O=C(N1CCOCC1)N1CCCC1CO. The maximum absolute atomic E-state index is 12.1. The Morgan fingerprint density at radius 2 is 2.07 bits per heavy atom. The summed E-state index contributed by atoms with van der Waals surface area (Å²) in [5.41, 5.74) is 0. The normalized spacial score (nSPS) is 27.1. The minimum absolute atomic E-state index is 0.0281. The zero-order valence-corrected chi connectivity index (χ0v) is 8.89. The summed E-state index contributed by atoms with van der Waals surface area (Å²) in [5.74, 6) is 0. The Morgan fingerprint density at radius 3 is 2.73 bits per heavy atom. The Kier molecular flexibility index (Phi) is 3.43. The number of hydrogen-bond donors (Lipinski definition) is 1. The number of nitrogens with zero attached hydrogens (tertiary/aromatic N) is 2. The van der Waals surface area contributed by atoms with Gasteiger partial charge in [-0.3, -0.25) is 0 Å². The van der Waals surface area contributed by atoms with E-state index in [4.69, 9.17) is 9.84 Å². The molecular weight excluding hydrogens is 196 g/mol. The van der Waals surface area contributed by atoms with Crippen LogP contribution in [0.4, 0.5) is 4.79 Å². The molecule has 2 amide bonds. The predicted molar refractivity (Wildman–Crippen MR) is 54.6 cm³/mol. The molecule has 5 nitrogen and oxygen atoms in total. The number of urea groups is 1. The van der Waals surface area contributed by atoms with E-state index in [1.165, 1.54) is 0 Å². The van der Waals surface area contributed by atoms with E-state index in [1.54, 1.807) is 4.90 Å². The molecule has 2 rings (SSSR count). The number of hydrogen-bond acceptors (Lipinski definition) is 3. The Balaban J connectivity index is 1.93. The zero-order valence-electron chi connectivity index (χ0n) is 8.89. The second-order valence-electron chi connectivity index (χ2n) is 4.05. The molecule has 2 aliphatic rings. The fraction of sp³-hybridized carbons (Fsp3) is 0.900. The van der Waals surface area contributed by atoms with E-state index in [9.17, 15) is 4.79 Å². The highest BCUT2D eigenvalue weighted by atomic mass is 16.5. The van der Waals surface area contributed by atoms with Crippen molar-refractivity contribution in [1.82, 2.24) is 9.80 Å². The monoisotopic (exact) mass is 214 g/mol. The van der Waals surface area contributed by atoms with Gasteiger partial charge in [-0.2, -0.15) is 0 Å². The average molecular weight is 214 g/mol. The number of carbonyl (C=O) groups excluding carboxylic acids is 1. The van der Waals surface area contributed by atoms with Crippen LogP contribution in [-0.4, -0.2) is 66.4 Å². The van der Waals surface area contributed by atoms with E-state index in [2.05, 4.69) is 0 Å². The first-order chi connectivity index (χ1) is 7.33. The highest BCUT2D eigenvalue weighted by Gasteiger charge is 2.31. The summed E-state index contributed by atoms with van der Waals surface area (Å²) >= 11 is 0. The number of ether oxygens (including phenoxy) is 1. The van der Waals surface area contributed by atoms with Gasteiger partial charge in [0.25, 0.3) is 0 Å². The minimum Gasteiger partial charge on any atom is -0.394 e. The quantitative estimate of drug-likeness (QED) is 0.663. The number of morpholine rings is 1. The van der Waals surface area contributed by atoms with Crippen molar-refractivity contribution >= 4 is 6.03 Å². The van der Waals surface area contributed by atoms with Crippen LogP contribution < -0.4 is 0 Å². The summed E-state index contributed by atoms with van der Waals surface area (Å²) in [5, 5.41) is 9.15. The van der Waals surface area contributed by atoms with Crippen molar-refractivity contribution in [2.45, 2.75) is 18.9 Å². The van der Waals surface area contributed by atoms with E-state index >= 15 is 0 Å². The molecule has 2 aliphatic heterocycles. The third kappa shape index (κ3) is 2.23. The number of aliphatic hydroxyl groups is 1. The number of likely N-dealkylation sites (tertiary alicyclic amines) is 1. The van der Waals surface area contributed by atoms with Gasteiger partial charge in [0.15, 0.2) is 0 Å². The van der Waals surface area contributed by atoms with Gasteiger partial charge in [-0.1, -0.05) is 0 Å². The van der Waals surface area contributed by atoms with Crippen molar-refractivity contribution in [3.63, 3.8) is 0 Å². The van der Waals surface area contributed by atoms with Crippen LogP contribution >= 0.6 is 0 Å². The van der Waals surface area contributed by atoms with Crippen molar-refractivity contribution in [2.75, 3.05) is 39.5 Å². The van der Waals surface area contributed by atoms with E-state index < -0.39 is 0 Å².